The van der Waals surface area contributed by atoms with Gasteiger partial charge in [0.15, 0.2) is 0 Å². The van der Waals surface area contributed by atoms with E-state index in [1.165, 1.54) is 0 Å². The minimum Gasteiger partial charge on any atom is -0.350 e. The van der Waals surface area contributed by atoms with Crippen LogP contribution in [0.25, 0.3) is 10.9 Å². The molecule has 0 aliphatic carbocycles. The molecule has 1 unspecified atom stereocenters. The van der Waals surface area contributed by atoms with Crippen LogP contribution in [-0.4, -0.2) is 40.2 Å². The fraction of sp³-hybridized carbons (Fsp3) is 0.579. The van der Waals surface area contributed by atoms with Crippen molar-refractivity contribution >= 4 is 16.8 Å². The van der Waals surface area contributed by atoms with Gasteiger partial charge in [-0.15, -0.1) is 0 Å². The Morgan fingerprint density at radius 2 is 2.08 bits per heavy atom. The summed E-state index contributed by atoms with van der Waals surface area (Å²) < 4.78 is 2.00. The van der Waals surface area contributed by atoms with Crippen LogP contribution in [0.5, 0.6) is 0 Å². The Balaban J connectivity index is 1.73. The molecule has 24 heavy (non-hydrogen) atoms. The summed E-state index contributed by atoms with van der Waals surface area (Å²) in [5.74, 6) is 0.149. The molecule has 2 heterocycles. The monoisotopic (exact) mass is 328 g/mol. The lowest BCUT2D eigenvalue weighted by molar-refractivity contribution is -0.133. The van der Waals surface area contributed by atoms with Gasteiger partial charge < -0.3 is 10.2 Å². The summed E-state index contributed by atoms with van der Waals surface area (Å²) in [6.45, 7) is 10.6. The highest BCUT2D eigenvalue weighted by Gasteiger charge is 2.37. The van der Waals surface area contributed by atoms with Crippen molar-refractivity contribution in [3.63, 3.8) is 0 Å². The van der Waals surface area contributed by atoms with Crippen LogP contribution in [0.1, 0.15) is 39.3 Å². The molecule has 0 bridgehead atoms. The van der Waals surface area contributed by atoms with Crippen molar-refractivity contribution in [2.24, 2.45) is 5.41 Å². The molecule has 130 valence electrons. The topological polar surface area (TPSA) is 50.2 Å². The first-order chi connectivity index (χ1) is 11.6. The van der Waals surface area contributed by atoms with E-state index in [1.54, 1.807) is 0 Å². The standard InChI is InChI=1S/C19H28N4O/c1-4-22-12-8-11-19(3,14-22)18(24)20-13-16-15-9-6-7-10-17(15)23(5-2)21-16/h6-7,9-10H,4-5,8,11-14H2,1-3H3,(H,20,24). The van der Waals surface area contributed by atoms with E-state index in [-0.39, 0.29) is 11.3 Å². The molecular formula is C19H28N4O. The molecule has 1 aliphatic heterocycles. The number of nitrogens with one attached hydrogen (secondary N) is 1. The first-order valence-corrected chi connectivity index (χ1v) is 9.02. The Kier molecular flexibility index (Phi) is 4.90. The van der Waals surface area contributed by atoms with Gasteiger partial charge in [0.1, 0.15) is 0 Å². The Hall–Kier alpha value is -1.88. The summed E-state index contributed by atoms with van der Waals surface area (Å²) in [6, 6.07) is 8.22. The number of rotatable bonds is 5. The molecular weight excluding hydrogens is 300 g/mol. The van der Waals surface area contributed by atoms with Crippen LogP contribution in [0.15, 0.2) is 24.3 Å². The largest absolute Gasteiger partial charge is 0.350 e. The van der Waals surface area contributed by atoms with Gasteiger partial charge in [-0.1, -0.05) is 25.1 Å². The number of carbonyl (C=O) groups excluding carboxylic acids is 1. The molecule has 1 saturated heterocycles. The average Bonchev–Trinajstić information content (AvgIpc) is 2.97. The summed E-state index contributed by atoms with van der Waals surface area (Å²) in [6.07, 6.45) is 2.05. The average molecular weight is 328 g/mol. The van der Waals surface area contributed by atoms with E-state index in [0.29, 0.717) is 6.54 Å². The normalized spacial score (nSPS) is 22.0. The summed E-state index contributed by atoms with van der Waals surface area (Å²) in [4.78, 5) is 15.2. The number of aromatic nitrogens is 2. The third-order valence-corrected chi connectivity index (χ3v) is 5.22. The fourth-order valence-corrected chi connectivity index (χ4v) is 3.74. The molecule has 1 amide bonds. The maximum absolute atomic E-state index is 12.8. The lowest BCUT2D eigenvalue weighted by Crippen LogP contribution is -2.50. The van der Waals surface area contributed by atoms with Crippen LogP contribution in [-0.2, 0) is 17.9 Å². The summed E-state index contributed by atoms with van der Waals surface area (Å²) in [7, 11) is 0. The second kappa shape index (κ2) is 6.93. The Morgan fingerprint density at radius 3 is 2.83 bits per heavy atom. The van der Waals surface area contributed by atoms with Gasteiger partial charge in [0.05, 0.1) is 23.2 Å². The molecule has 1 fully saturated rings. The highest BCUT2D eigenvalue weighted by molar-refractivity contribution is 5.85. The summed E-state index contributed by atoms with van der Waals surface area (Å²) >= 11 is 0. The number of para-hydroxylation sites is 1. The predicted octanol–water partition coefficient (Wildman–Crippen LogP) is 2.79. The third kappa shape index (κ3) is 3.18. The summed E-state index contributed by atoms with van der Waals surface area (Å²) in [5, 5.41) is 8.94. The fourth-order valence-electron chi connectivity index (χ4n) is 3.74. The molecule has 1 aliphatic rings. The molecule has 0 radical (unpaired) electrons. The molecule has 0 saturated carbocycles. The van der Waals surface area contributed by atoms with Gasteiger partial charge in [0.25, 0.3) is 0 Å². The number of aryl methyl sites for hydroxylation is 1. The van der Waals surface area contributed by atoms with Gasteiger partial charge >= 0.3 is 0 Å². The Labute approximate surface area is 144 Å². The van der Waals surface area contributed by atoms with Gasteiger partial charge in [0.2, 0.25) is 5.91 Å². The van der Waals surface area contributed by atoms with Crippen molar-refractivity contribution < 1.29 is 4.79 Å². The van der Waals surface area contributed by atoms with E-state index in [4.69, 9.17) is 0 Å². The molecule has 1 aromatic carbocycles. The third-order valence-electron chi connectivity index (χ3n) is 5.22. The van der Waals surface area contributed by atoms with Crippen molar-refractivity contribution in [2.75, 3.05) is 19.6 Å². The second-order valence-corrected chi connectivity index (χ2v) is 7.00. The number of carbonyl (C=O) groups is 1. The van der Waals surface area contributed by atoms with Crippen LogP contribution in [0.4, 0.5) is 0 Å². The van der Waals surface area contributed by atoms with Gasteiger partial charge in [-0.2, -0.15) is 5.10 Å². The smallest absolute Gasteiger partial charge is 0.227 e. The maximum Gasteiger partial charge on any atom is 0.227 e. The predicted molar refractivity (Wildman–Crippen MR) is 96.7 cm³/mol. The lowest BCUT2D eigenvalue weighted by Gasteiger charge is -2.38. The van der Waals surface area contributed by atoms with Crippen molar-refractivity contribution in [1.82, 2.24) is 20.0 Å². The molecule has 5 nitrogen and oxygen atoms in total. The van der Waals surface area contributed by atoms with E-state index < -0.39 is 0 Å². The van der Waals surface area contributed by atoms with Crippen LogP contribution >= 0.6 is 0 Å². The van der Waals surface area contributed by atoms with E-state index in [1.807, 2.05) is 16.8 Å². The highest BCUT2D eigenvalue weighted by Crippen LogP contribution is 2.29. The first kappa shape index (κ1) is 17.0. The number of likely N-dealkylation sites (tertiary alicyclic amines) is 1. The number of hydrogen-bond donors (Lipinski definition) is 1. The van der Waals surface area contributed by atoms with Gasteiger partial charge in [-0.05, 0) is 45.8 Å². The minimum absolute atomic E-state index is 0.149. The van der Waals surface area contributed by atoms with E-state index in [2.05, 4.69) is 48.2 Å². The van der Waals surface area contributed by atoms with Gasteiger partial charge in [-0.3, -0.25) is 9.48 Å². The number of fused-ring (bicyclic) bond motifs is 1. The molecule has 0 spiro atoms. The number of hydrogen-bond acceptors (Lipinski definition) is 3. The van der Waals surface area contributed by atoms with Crippen LogP contribution in [0, 0.1) is 5.41 Å². The first-order valence-electron chi connectivity index (χ1n) is 9.02. The second-order valence-electron chi connectivity index (χ2n) is 7.00. The molecule has 1 N–H and O–H groups in total. The molecule has 5 heteroatoms. The summed E-state index contributed by atoms with van der Waals surface area (Å²) in [5.41, 5.74) is 1.79. The van der Waals surface area contributed by atoms with Crippen LogP contribution in [0.3, 0.4) is 0 Å². The van der Waals surface area contributed by atoms with E-state index in [9.17, 15) is 4.79 Å². The maximum atomic E-state index is 12.8. The van der Waals surface area contributed by atoms with Crippen LogP contribution in [0.2, 0.25) is 0 Å². The van der Waals surface area contributed by atoms with Crippen molar-refractivity contribution in [3.05, 3.63) is 30.0 Å². The number of benzene rings is 1. The van der Waals surface area contributed by atoms with Crippen molar-refractivity contribution in [2.45, 2.75) is 46.7 Å². The zero-order valence-electron chi connectivity index (χ0n) is 15.0. The lowest BCUT2D eigenvalue weighted by atomic mass is 9.81. The molecule has 1 atom stereocenters. The Bertz CT molecular complexity index is 723. The number of amides is 1. The van der Waals surface area contributed by atoms with Crippen LogP contribution < -0.4 is 5.32 Å². The van der Waals surface area contributed by atoms with Gasteiger partial charge in [-0.25, -0.2) is 0 Å². The molecule has 2 aromatic rings. The molecule has 3 rings (SSSR count). The quantitative estimate of drug-likeness (QED) is 0.918. The zero-order valence-corrected chi connectivity index (χ0v) is 15.0. The van der Waals surface area contributed by atoms with Crippen molar-refractivity contribution in [3.8, 4) is 0 Å². The Morgan fingerprint density at radius 1 is 1.29 bits per heavy atom. The SMILES string of the molecule is CCN1CCCC(C)(C(=O)NCc2nn(CC)c3ccccc23)C1. The number of piperidine rings is 1. The van der Waals surface area contributed by atoms with E-state index >= 15 is 0 Å². The van der Waals surface area contributed by atoms with Crippen molar-refractivity contribution in [1.29, 1.82) is 0 Å². The number of nitrogens with zero attached hydrogens (tertiary/aromatic N) is 3. The van der Waals surface area contributed by atoms with E-state index in [0.717, 1.165) is 55.6 Å². The molecule has 1 aromatic heterocycles. The highest BCUT2D eigenvalue weighted by atomic mass is 16.2. The van der Waals surface area contributed by atoms with Gasteiger partial charge in [0, 0.05) is 18.5 Å². The zero-order chi connectivity index (χ0) is 17.2. The minimum atomic E-state index is -0.294.